The van der Waals surface area contributed by atoms with E-state index in [0.29, 0.717) is 42.1 Å². The molecular formula is C29H26Cl2N2O4S. The average molecular weight is 570 g/mol. The van der Waals surface area contributed by atoms with Gasteiger partial charge in [-0.3, -0.25) is 13.8 Å². The summed E-state index contributed by atoms with van der Waals surface area (Å²) in [7, 11) is -1.07. The number of fused-ring (bicyclic) bond motifs is 2. The third-order valence-electron chi connectivity index (χ3n) is 6.77. The fraction of sp³-hybridized carbons (Fsp3) is 0.241. The molecule has 0 aliphatic carbocycles. The molecule has 0 saturated heterocycles. The number of benzene rings is 3. The Morgan fingerprint density at radius 3 is 2.74 bits per heavy atom. The fourth-order valence-electron chi connectivity index (χ4n) is 4.86. The Morgan fingerprint density at radius 2 is 1.95 bits per heavy atom. The van der Waals surface area contributed by atoms with E-state index in [4.69, 9.17) is 27.6 Å². The summed E-state index contributed by atoms with van der Waals surface area (Å²) < 4.78 is 17.2. The molecular weight excluding hydrogens is 543 g/mol. The highest BCUT2D eigenvalue weighted by molar-refractivity contribution is 7.84. The van der Waals surface area contributed by atoms with Gasteiger partial charge >= 0.3 is 0 Å². The maximum Gasteiger partial charge on any atom is 0.254 e. The summed E-state index contributed by atoms with van der Waals surface area (Å²) in [4.78, 5) is 28.9. The van der Waals surface area contributed by atoms with Crippen LogP contribution < -0.4 is 5.32 Å². The van der Waals surface area contributed by atoms with Crippen LogP contribution in [0.1, 0.15) is 44.3 Å². The molecule has 0 saturated carbocycles. The third-order valence-corrected chi connectivity index (χ3v) is 8.40. The number of furan rings is 1. The molecule has 196 valence electrons. The average Bonchev–Trinajstić information content (AvgIpc) is 3.36. The smallest absolute Gasteiger partial charge is 0.254 e. The summed E-state index contributed by atoms with van der Waals surface area (Å²) in [6.07, 6.45) is 4.32. The van der Waals surface area contributed by atoms with Crippen LogP contribution in [-0.4, -0.2) is 39.8 Å². The number of carbonyl (C=O) groups is 2. The highest BCUT2D eigenvalue weighted by atomic mass is 35.5. The quantitative estimate of drug-likeness (QED) is 0.307. The molecule has 2 atom stereocenters. The minimum atomic E-state index is -1.07. The lowest BCUT2D eigenvalue weighted by atomic mass is 9.95. The van der Waals surface area contributed by atoms with Crippen molar-refractivity contribution in [3.8, 4) is 0 Å². The van der Waals surface area contributed by atoms with Gasteiger partial charge in [0.15, 0.2) is 0 Å². The minimum Gasteiger partial charge on any atom is -0.464 e. The predicted molar refractivity (Wildman–Crippen MR) is 151 cm³/mol. The molecule has 2 amide bonds. The van der Waals surface area contributed by atoms with E-state index < -0.39 is 10.8 Å². The van der Waals surface area contributed by atoms with Gasteiger partial charge in [-0.15, -0.1) is 0 Å². The monoisotopic (exact) mass is 568 g/mol. The Bertz CT molecular complexity index is 1580. The number of nitrogens with zero attached hydrogens (tertiary/aromatic N) is 1. The Morgan fingerprint density at radius 1 is 1.13 bits per heavy atom. The second-order valence-corrected chi connectivity index (χ2v) is 11.7. The number of nitrogens with one attached hydrogen (secondary N) is 1. The maximum absolute atomic E-state index is 13.2. The van der Waals surface area contributed by atoms with E-state index >= 15 is 0 Å². The number of amides is 2. The Labute approximate surface area is 233 Å². The van der Waals surface area contributed by atoms with Crippen LogP contribution in [0, 0.1) is 0 Å². The molecule has 1 aromatic heterocycles. The van der Waals surface area contributed by atoms with Crippen molar-refractivity contribution in [1.82, 2.24) is 10.2 Å². The van der Waals surface area contributed by atoms with E-state index in [0.717, 1.165) is 27.0 Å². The second kappa shape index (κ2) is 10.9. The van der Waals surface area contributed by atoms with Crippen LogP contribution in [0.2, 0.25) is 10.0 Å². The maximum atomic E-state index is 13.2. The van der Waals surface area contributed by atoms with Gasteiger partial charge in [0, 0.05) is 52.0 Å². The van der Waals surface area contributed by atoms with Crippen molar-refractivity contribution < 1.29 is 18.2 Å². The SMILES string of the molecule is C[C@H](Cc1cccc(S(C)=O)c1)NC(=O)c1c(Cl)cc2c(c1Cl)CCN(C(=O)c1ccc3ccoc3c1)C2. The van der Waals surface area contributed by atoms with Crippen LogP contribution in [0.25, 0.3) is 11.0 Å². The van der Waals surface area contributed by atoms with E-state index in [1.165, 1.54) is 0 Å². The largest absolute Gasteiger partial charge is 0.464 e. The normalized spacial score (nSPS) is 14.7. The molecule has 0 bridgehead atoms. The number of hydrogen-bond donors (Lipinski definition) is 1. The van der Waals surface area contributed by atoms with Crippen molar-refractivity contribution in [2.45, 2.75) is 37.2 Å². The standard InChI is InChI=1S/C29H26Cl2N2O4S/c1-17(12-18-4-3-5-22(13-18)38(2)36)32-28(34)26-24(30)14-21-16-33(10-8-23(21)27(26)31)29(35)20-7-6-19-9-11-37-25(19)15-20/h3-7,9,11,13-15,17H,8,10,12,16H2,1-2H3,(H,32,34)/t17-,38?/m1/s1. The van der Waals surface area contributed by atoms with Gasteiger partial charge in [0.1, 0.15) is 5.58 Å². The van der Waals surface area contributed by atoms with Gasteiger partial charge < -0.3 is 14.6 Å². The zero-order valence-corrected chi connectivity index (χ0v) is 23.3. The van der Waals surface area contributed by atoms with Crippen molar-refractivity contribution in [2.24, 2.45) is 0 Å². The highest BCUT2D eigenvalue weighted by Gasteiger charge is 2.28. The number of hydrogen-bond acceptors (Lipinski definition) is 4. The first kappa shape index (κ1) is 26.5. The third kappa shape index (κ3) is 5.37. The van der Waals surface area contributed by atoms with Gasteiger partial charge in [-0.1, -0.05) is 41.4 Å². The van der Waals surface area contributed by atoms with Crippen molar-refractivity contribution >= 4 is 56.8 Å². The molecule has 1 aliphatic heterocycles. The molecule has 2 heterocycles. The van der Waals surface area contributed by atoms with E-state index in [-0.39, 0.29) is 28.4 Å². The summed E-state index contributed by atoms with van der Waals surface area (Å²) in [6, 6.07) is 16.3. The first-order chi connectivity index (χ1) is 18.2. The Kier molecular flexibility index (Phi) is 7.61. The second-order valence-electron chi connectivity index (χ2n) is 9.52. The Hall–Kier alpha value is -3.13. The molecule has 1 aliphatic rings. The van der Waals surface area contributed by atoms with Gasteiger partial charge in [0.25, 0.3) is 11.8 Å². The van der Waals surface area contributed by atoms with Crippen molar-refractivity contribution in [2.75, 3.05) is 12.8 Å². The first-order valence-electron chi connectivity index (χ1n) is 12.2. The Balaban J connectivity index is 1.30. The number of rotatable bonds is 6. The van der Waals surface area contributed by atoms with Crippen molar-refractivity contribution in [3.63, 3.8) is 0 Å². The van der Waals surface area contributed by atoms with Crippen LogP contribution in [0.3, 0.4) is 0 Å². The zero-order chi connectivity index (χ0) is 27.0. The van der Waals surface area contributed by atoms with Gasteiger partial charge in [0.05, 0.1) is 21.9 Å². The summed E-state index contributed by atoms with van der Waals surface area (Å²) in [5, 5.41) is 4.49. The van der Waals surface area contributed by atoms with E-state index in [1.54, 1.807) is 35.6 Å². The van der Waals surface area contributed by atoms with Crippen LogP contribution in [-0.2, 0) is 30.2 Å². The zero-order valence-electron chi connectivity index (χ0n) is 20.9. The molecule has 0 radical (unpaired) electrons. The lowest BCUT2D eigenvalue weighted by Gasteiger charge is -2.30. The van der Waals surface area contributed by atoms with Gasteiger partial charge in [-0.25, -0.2) is 0 Å². The minimum absolute atomic E-state index is 0.104. The molecule has 6 nitrogen and oxygen atoms in total. The van der Waals surface area contributed by atoms with Crippen LogP contribution >= 0.6 is 23.2 Å². The summed E-state index contributed by atoms with van der Waals surface area (Å²) in [6.45, 7) is 2.71. The predicted octanol–water partition coefficient (Wildman–Crippen LogP) is 6.04. The van der Waals surface area contributed by atoms with E-state index in [2.05, 4.69) is 5.32 Å². The molecule has 1 unspecified atom stereocenters. The van der Waals surface area contributed by atoms with Crippen molar-refractivity contribution in [1.29, 1.82) is 0 Å². The van der Waals surface area contributed by atoms with Gasteiger partial charge in [-0.05, 0) is 72.9 Å². The van der Waals surface area contributed by atoms with Gasteiger partial charge in [-0.2, -0.15) is 0 Å². The molecule has 9 heteroatoms. The fourth-order valence-corrected chi connectivity index (χ4v) is 6.21. The summed E-state index contributed by atoms with van der Waals surface area (Å²) in [5.41, 5.74) is 4.09. The lowest BCUT2D eigenvalue weighted by molar-refractivity contribution is 0.0734. The van der Waals surface area contributed by atoms with Crippen molar-refractivity contribution in [3.05, 3.63) is 98.7 Å². The molecule has 1 N–H and O–H groups in total. The lowest BCUT2D eigenvalue weighted by Crippen LogP contribution is -2.37. The molecule has 0 fully saturated rings. The molecule has 5 rings (SSSR count). The summed E-state index contributed by atoms with van der Waals surface area (Å²) in [5.74, 6) is -0.455. The molecule has 4 aromatic rings. The highest BCUT2D eigenvalue weighted by Crippen LogP contribution is 2.35. The van der Waals surface area contributed by atoms with Crippen LogP contribution in [0.4, 0.5) is 0 Å². The number of halogens is 2. The van der Waals surface area contributed by atoms with Gasteiger partial charge in [0.2, 0.25) is 0 Å². The molecule has 38 heavy (non-hydrogen) atoms. The topological polar surface area (TPSA) is 79.6 Å². The van der Waals surface area contributed by atoms with Crippen LogP contribution in [0.15, 0.2) is 70.2 Å². The molecule has 3 aromatic carbocycles. The number of carbonyl (C=O) groups excluding carboxylic acids is 2. The van der Waals surface area contributed by atoms with E-state index in [1.807, 2.05) is 43.3 Å². The van der Waals surface area contributed by atoms with E-state index in [9.17, 15) is 13.8 Å². The van der Waals surface area contributed by atoms with Crippen LogP contribution in [0.5, 0.6) is 0 Å². The summed E-state index contributed by atoms with van der Waals surface area (Å²) >= 11 is 13.3. The first-order valence-corrected chi connectivity index (χ1v) is 14.5. The molecule has 0 spiro atoms.